The molecule has 0 aromatic heterocycles. The molecule has 0 aliphatic rings. The molecular formula is C21H27NO. The SMILES string of the molecule is Cc1ccc(CCC(=O)N[C@@H](C)c2ccc(C)c(C)c2)cc1C. The molecule has 0 unspecified atom stereocenters. The van der Waals surface area contributed by atoms with Crippen LogP contribution in [0.5, 0.6) is 0 Å². The minimum atomic E-state index is 0.0431. The maximum Gasteiger partial charge on any atom is 0.220 e. The zero-order chi connectivity index (χ0) is 17.0. The lowest BCUT2D eigenvalue weighted by Gasteiger charge is -2.16. The molecule has 1 amide bonds. The molecule has 2 rings (SSSR count). The van der Waals surface area contributed by atoms with Crippen LogP contribution in [-0.4, -0.2) is 5.91 Å². The van der Waals surface area contributed by atoms with Crippen molar-refractivity contribution in [3.05, 3.63) is 69.8 Å². The summed E-state index contributed by atoms with van der Waals surface area (Å²) in [6, 6.07) is 12.8. The van der Waals surface area contributed by atoms with Crippen LogP contribution in [0.3, 0.4) is 0 Å². The molecule has 0 spiro atoms. The molecule has 1 N–H and O–H groups in total. The molecule has 0 aliphatic heterocycles. The second-order valence-corrected chi connectivity index (χ2v) is 6.55. The van der Waals surface area contributed by atoms with Crippen LogP contribution in [-0.2, 0) is 11.2 Å². The van der Waals surface area contributed by atoms with Crippen molar-refractivity contribution in [2.75, 3.05) is 0 Å². The number of amides is 1. The van der Waals surface area contributed by atoms with Crippen molar-refractivity contribution >= 4 is 5.91 Å². The van der Waals surface area contributed by atoms with E-state index in [1.165, 1.54) is 27.8 Å². The monoisotopic (exact) mass is 309 g/mol. The topological polar surface area (TPSA) is 29.1 Å². The minimum absolute atomic E-state index is 0.0431. The molecule has 23 heavy (non-hydrogen) atoms. The Morgan fingerprint density at radius 2 is 1.52 bits per heavy atom. The van der Waals surface area contributed by atoms with Gasteiger partial charge in [0, 0.05) is 6.42 Å². The van der Waals surface area contributed by atoms with Gasteiger partial charge in [0.25, 0.3) is 0 Å². The predicted molar refractivity (Wildman–Crippen MR) is 96.7 cm³/mol. The standard InChI is InChI=1S/C21H27NO/c1-14-6-8-19(12-16(14)3)9-11-21(23)22-18(5)20-10-7-15(2)17(4)13-20/h6-8,10,12-13,18H,9,11H2,1-5H3,(H,22,23)/t18-/m0/s1. The Bertz CT molecular complexity index is 703. The van der Waals surface area contributed by atoms with E-state index < -0.39 is 0 Å². The fourth-order valence-electron chi connectivity index (χ4n) is 2.65. The van der Waals surface area contributed by atoms with Crippen LogP contribution in [0.2, 0.25) is 0 Å². The first kappa shape index (κ1) is 17.3. The average Bonchev–Trinajstić information content (AvgIpc) is 2.51. The van der Waals surface area contributed by atoms with E-state index in [4.69, 9.17) is 0 Å². The van der Waals surface area contributed by atoms with Crippen LogP contribution in [0, 0.1) is 27.7 Å². The lowest BCUT2D eigenvalue weighted by molar-refractivity contribution is -0.121. The Kier molecular flexibility index (Phi) is 5.59. The van der Waals surface area contributed by atoms with E-state index >= 15 is 0 Å². The highest BCUT2D eigenvalue weighted by molar-refractivity contribution is 5.76. The van der Waals surface area contributed by atoms with E-state index in [1.54, 1.807) is 0 Å². The minimum Gasteiger partial charge on any atom is -0.350 e. The maximum atomic E-state index is 12.2. The molecule has 1 atom stereocenters. The molecule has 2 nitrogen and oxygen atoms in total. The van der Waals surface area contributed by atoms with Gasteiger partial charge in [0.2, 0.25) is 5.91 Å². The van der Waals surface area contributed by atoms with Crippen molar-refractivity contribution in [3.63, 3.8) is 0 Å². The molecule has 2 heteroatoms. The van der Waals surface area contributed by atoms with Gasteiger partial charge < -0.3 is 5.32 Å². The van der Waals surface area contributed by atoms with Crippen LogP contribution < -0.4 is 5.32 Å². The molecule has 0 aliphatic carbocycles. The molecule has 0 fully saturated rings. The molecular weight excluding hydrogens is 282 g/mol. The van der Waals surface area contributed by atoms with E-state index in [0.717, 1.165) is 12.0 Å². The summed E-state index contributed by atoms with van der Waals surface area (Å²) in [5, 5.41) is 3.10. The van der Waals surface area contributed by atoms with Gasteiger partial charge in [0.05, 0.1) is 6.04 Å². The Morgan fingerprint density at radius 1 is 0.913 bits per heavy atom. The number of nitrogens with one attached hydrogen (secondary N) is 1. The normalized spacial score (nSPS) is 12.0. The molecule has 2 aromatic carbocycles. The summed E-state index contributed by atoms with van der Waals surface area (Å²) in [7, 11) is 0. The third kappa shape index (κ3) is 4.69. The van der Waals surface area contributed by atoms with Crippen LogP contribution in [0.15, 0.2) is 36.4 Å². The Balaban J connectivity index is 1.90. The summed E-state index contributed by atoms with van der Waals surface area (Å²) in [5.74, 6) is 0.106. The highest BCUT2D eigenvalue weighted by Gasteiger charge is 2.10. The summed E-state index contributed by atoms with van der Waals surface area (Å²) in [4.78, 5) is 12.2. The second-order valence-electron chi connectivity index (χ2n) is 6.55. The second kappa shape index (κ2) is 7.45. The van der Waals surface area contributed by atoms with E-state index in [1.807, 2.05) is 6.92 Å². The van der Waals surface area contributed by atoms with Gasteiger partial charge in [-0.2, -0.15) is 0 Å². The van der Waals surface area contributed by atoms with Gasteiger partial charge in [-0.15, -0.1) is 0 Å². The molecule has 122 valence electrons. The summed E-state index contributed by atoms with van der Waals surface area (Å²) in [6.45, 7) is 10.5. The zero-order valence-corrected chi connectivity index (χ0v) is 14.9. The number of hydrogen-bond donors (Lipinski definition) is 1. The molecule has 0 radical (unpaired) electrons. The number of aryl methyl sites for hydroxylation is 5. The average molecular weight is 309 g/mol. The van der Waals surface area contributed by atoms with Crippen molar-refractivity contribution in [1.29, 1.82) is 0 Å². The fraction of sp³-hybridized carbons (Fsp3) is 0.381. The van der Waals surface area contributed by atoms with Gasteiger partial charge in [-0.25, -0.2) is 0 Å². The van der Waals surface area contributed by atoms with Crippen molar-refractivity contribution in [2.24, 2.45) is 0 Å². The molecule has 0 saturated heterocycles. The summed E-state index contributed by atoms with van der Waals surface area (Å²) in [6.07, 6.45) is 1.31. The highest BCUT2D eigenvalue weighted by Crippen LogP contribution is 2.17. The molecule has 0 saturated carbocycles. The van der Waals surface area contributed by atoms with Crippen LogP contribution >= 0.6 is 0 Å². The summed E-state index contributed by atoms with van der Waals surface area (Å²) >= 11 is 0. The van der Waals surface area contributed by atoms with Crippen LogP contribution in [0.1, 0.15) is 52.8 Å². The van der Waals surface area contributed by atoms with Crippen molar-refractivity contribution in [2.45, 2.75) is 53.5 Å². The van der Waals surface area contributed by atoms with Gasteiger partial charge >= 0.3 is 0 Å². The van der Waals surface area contributed by atoms with Gasteiger partial charge in [0.1, 0.15) is 0 Å². The lowest BCUT2D eigenvalue weighted by atomic mass is 10.0. The first-order valence-corrected chi connectivity index (χ1v) is 8.29. The predicted octanol–water partition coefficient (Wildman–Crippen LogP) is 4.73. The summed E-state index contributed by atoms with van der Waals surface area (Å²) < 4.78 is 0. The Morgan fingerprint density at radius 3 is 2.13 bits per heavy atom. The van der Waals surface area contributed by atoms with Crippen LogP contribution in [0.25, 0.3) is 0 Å². The Hall–Kier alpha value is -2.09. The molecule has 2 aromatic rings. The highest BCUT2D eigenvalue weighted by atomic mass is 16.1. The van der Waals surface area contributed by atoms with E-state index in [-0.39, 0.29) is 11.9 Å². The van der Waals surface area contributed by atoms with Crippen molar-refractivity contribution in [1.82, 2.24) is 5.32 Å². The summed E-state index contributed by atoms with van der Waals surface area (Å²) in [5.41, 5.74) is 7.50. The lowest BCUT2D eigenvalue weighted by Crippen LogP contribution is -2.26. The quantitative estimate of drug-likeness (QED) is 0.850. The largest absolute Gasteiger partial charge is 0.350 e. The number of hydrogen-bond acceptors (Lipinski definition) is 1. The van der Waals surface area contributed by atoms with Crippen molar-refractivity contribution in [3.8, 4) is 0 Å². The number of carbonyl (C=O) groups excluding carboxylic acids is 1. The molecule has 0 heterocycles. The van der Waals surface area contributed by atoms with E-state index in [2.05, 4.69) is 69.4 Å². The number of carbonyl (C=O) groups is 1. The van der Waals surface area contributed by atoms with Crippen molar-refractivity contribution < 1.29 is 4.79 Å². The maximum absolute atomic E-state index is 12.2. The van der Waals surface area contributed by atoms with E-state index in [0.29, 0.717) is 6.42 Å². The molecule has 0 bridgehead atoms. The van der Waals surface area contributed by atoms with Gasteiger partial charge in [-0.1, -0.05) is 36.4 Å². The first-order chi connectivity index (χ1) is 10.9. The van der Waals surface area contributed by atoms with Gasteiger partial charge in [0.15, 0.2) is 0 Å². The fourth-order valence-corrected chi connectivity index (χ4v) is 2.65. The third-order valence-corrected chi connectivity index (χ3v) is 4.62. The van der Waals surface area contributed by atoms with Gasteiger partial charge in [-0.3, -0.25) is 4.79 Å². The van der Waals surface area contributed by atoms with Gasteiger partial charge in [-0.05, 0) is 74.4 Å². The van der Waals surface area contributed by atoms with E-state index in [9.17, 15) is 4.79 Å². The Labute approximate surface area is 139 Å². The number of benzene rings is 2. The first-order valence-electron chi connectivity index (χ1n) is 8.29. The third-order valence-electron chi connectivity index (χ3n) is 4.62. The smallest absolute Gasteiger partial charge is 0.220 e. The van der Waals surface area contributed by atoms with Crippen LogP contribution in [0.4, 0.5) is 0 Å². The zero-order valence-electron chi connectivity index (χ0n) is 14.9. The number of rotatable bonds is 5.